The van der Waals surface area contributed by atoms with Crippen molar-refractivity contribution in [3.8, 4) is 0 Å². The molecule has 0 saturated carbocycles. The van der Waals surface area contributed by atoms with Gasteiger partial charge in [0.15, 0.2) is 0 Å². The quantitative estimate of drug-likeness (QED) is 0.802. The highest BCUT2D eigenvalue weighted by Gasteiger charge is 2.15. The first-order valence-electron chi connectivity index (χ1n) is 6.56. The Labute approximate surface area is 112 Å². The van der Waals surface area contributed by atoms with Gasteiger partial charge in [-0.05, 0) is 13.8 Å². The summed E-state index contributed by atoms with van der Waals surface area (Å²) in [4.78, 5) is 4.32. The van der Waals surface area contributed by atoms with E-state index in [9.17, 15) is 0 Å². The van der Waals surface area contributed by atoms with Crippen LogP contribution in [-0.4, -0.2) is 26.4 Å². The Bertz CT molecular complexity index is 518. The fraction of sp³-hybridized carbons (Fsp3) is 0.615. The van der Waals surface area contributed by atoms with Crippen LogP contribution < -0.4 is 0 Å². The van der Waals surface area contributed by atoms with Gasteiger partial charge in [-0.25, -0.2) is 4.98 Å². The van der Waals surface area contributed by atoms with Crippen LogP contribution in [0.5, 0.6) is 0 Å². The maximum absolute atomic E-state index is 5.60. The lowest BCUT2D eigenvalue weighted by molar-refractivity contribution is 0.0675. The Hall–Kier alpha value is -1.69. The molecule has 6 nitrogen and oxygen atoms in total. The Kier molecular flexibility index (Phi) is 4.31. The summed E-state index contributed by atoms with van der Waals surface area (Å²) in [6.45, 7) is 9.18. The van der Waals surface area contributed by atoms with Gasteiger partial charge in [-0.15, -0.1) is 10.2 Å². The molecular weight excluding hydrogens is 244 g/mol. The smallest absolute Gasteiger partial charge is 0.236 e. The fourth-order valence-electron chi connectivity index (χ4n) is 1.85. The molecule has 19 heavy (non-hydrogen) atoms. The minimum atomic E-state index is -0.0486. The van der Waals surface area contributed by atoms with Crippen molar-refractivity contribution in [3.05, 3.63) is 30.0 Å². The minimum absolute atomic E-state index is 0.0486. The molecule has 0 N–H and O–H groups in total. The van der Waals surface area contributed by atoms with Crippen molar-refractivity contribution in [2.75, 3.05) is 6.61 Å². The van der Waals surface area contributed by atoms with E-state index in [1.54, 1.807) is 6.20 Å². The van der Waals surface area contributed by atoms with Crippen LogP contribution in [0.25, 0.3) is 0 Å². The third-order valence-electron chi connectivity index (χ3n) is 2.81. The molecule has 0 aliphatic carbocycles. The lowest BCUT2D eigenvalue weighted by Gasteiger charge is -2.12. The predicted octanol–water partition coefficient (Wildman–Crippen LogP) is 2.54. The lowest BCUT2D eigenvalue weighted by Crippen LogP contribution is -2.10. The normalized spacial score (nSPS) is 13.1. The number of aromatic nitrogens is 4. The number of imidazole rings is 1. The van der Waals surface area contributed by atoms with Gasteiger partial charge >= 0.3 is 0 Å². The topological polar surface area (TPSA) is 66.0 Å². The Balaban J connectivity index is 2.12. The molecule has 0 aliphatic heterocycles. The fourth-order valence-corrected chi connectivity index (χ4v) is 1.85. The van der Waals surface area contributed by atoms with Gasteiger partial charge < -0.3 is 13.7 Å². The molecule has 2 aromatic rings. The van der Waals surface area contributed by atoms with E-state index >= 15 is 0 Å². The summed E-state index contributed by atoms with van der Waals surface area (Å²) in [5.41, 5.74) is 0. The summed E-state index contributed by atoms with van der Waals surface area (Å²) in [7, 11) is 0. The van der Waals surface area contributed by atoms with Gasteiger partial charge in [-0.1, -0.05) is 13.8 Å². The van der Waals surface area contributed by atoms with E-state index in [2.05, 4.69) is 15.2 Å². The highest BCUT2D eigenvalue weighted by molar-refractivity contribution is 4.99. The Morgan fingerprint density at radius 1 is 1.32 bits per heavy atom. The van der Waals surface area contributed by atoms with Crippen LogP contribution in [0.3, 0.4) is 0 Å². The van der Waals surface area contributed by atoms with Gasteiger partial charge in [-0.2, -0.15) is 0 Å². The van der Waals surface area contributed by atoms with E-state index < -0.39 is 0 Å². The minimum Gasteiger partial charge on any atom is -0.423 e. The first kappa shape index (κ1) is 13.7. The third-order valence-corrected chi connectivity index (χ3v) is 2.81. The summed E-state index contributed by atoms with van der Waals surface area (Å²) in [5.74, 6) is 2.36. The molecule has 1 unspecified atom stereocenters. The van der Waals surface area contributed by atoms with Gasteiger partial charge in [-0.3, -0.25) is 0 Å². The summed E-state index contributed by atoms with van der Waals surface area (Å²) in [6.07, 6.45) is 3.60. The molecule has 2 aromatic heterocycles. The van der Waals surface area contributed by atoms with E-state index in [1.807, 2.05) is 38.5 Å². The molecule has 0 saturated heterocycles. The van der Waals surface area contributed by atoms with Crippen molar-refractivity contribution in [2.45, 2.75) is 46.3 Å². The third kappa shape index (κ3) is 3.20. The summed E-state index contributed by atoms with van der Waals surface area (Å²) in [6, 6.07) is 0. The van der Waals surface area contributed by atoms with Crippen LogP contribution in [0.15, 0.2) is 16.8 Å². The first-order chi connectivity index (χ1) is 9.11. The molecular formula is C13H20N4O2. The summed E-state index contributed by atoms with van der Waals surface area (Å²) >= 11 is 0. The van der Waals surface area contributed by atoms with E-state index in [1.165, 1.54) is 0 Å². The SMILES string of the molecule is CCOC(C)c1nccn1Cc1nnc(C(C)C)o1. The molecule has 104 valence electrons. The van der Waals surface area contributed by atoms with Crippen molar-refractivity contribution in [1.29, 1.82) is 0 Å². The van der Waals surface area contributed by atoms with E-state index in [0.717, 1.165) is 5.82 Å². The largest absolute Gasteiger partial charge is 0.423 e. The maximum Gasteiger partial charge on any atom is 0.236 e. The average molecular weight is 264 g/mol. The molecule has 6 heteroatoms. The summed E-state index contributed by atoms with van der Waals surface area (Å²) in [5, 5.41) is 8.08. The van der Waals surface area contributed by atoms with Crippen molar-refractivity contribution >= 4 is 0 Å². The zero-order chi connectivity index (χ0) is 13.8. The van der Waals surface area contributed by atoms with E-state index in [4.69, 9.17) is 9.15 Å². The number of ether oxygens (including phenoxy) is 1. The zero-order valence-electron chi connectivity index (χ0n) is 11.8. The molecule has 0 bridgehead atoms. The molecule has 0 spiro atoms. The van der Waals surface area contributed by atoms with Crippen molar-refractivity contribution in [2.24, 2.45) is 0 Å². The first-order valence-corrected chi connectivity index (χ1v) is 6.56. The maximum atomic E-state index is 5.60. The monoisotopic (exact) mass is 264 g/mol. The highest BCUT2D eigenvalue weighted by Crippen LogP contribution is 2.17. The van der Waals surface area contributed by atoms with Gasteiger partial charge in [0.1, 0.15) is 18.5 Å². The second-order valence-corrected chi connectivity index (χ2v) is 4.70. The molecule has 0 amide bonds. The van der Waals surface area contributed by atoms with Gasteiger partial charge in [0, 0.05) is 24.9 Å². The van der Waals surface area contributed by atoms with Crippen molar-refractivity contribution < 1.29 is 9.15 Å². The Morgan fingerprint density at radius 3 is 2.74 bits per heavy atom. The van der Waals surface area contributed by atoms with Gasteiger partial charge in [0.25, 0.3) is 0 Å². The lowest BCUT2D eigenvalue weighted by atomic mass is 10.2. The standard InChI is InChI=1S/C13H20N4O2/c1-5-18-10(4)12-14-6-7-17(12)8-11-15-16-13(19-11)9(2)3/h6-7,9-10H,5,8H2,1-4H3. The molecule has 2 heterocycles. The van der Waals surface area contributed by atoms with Gasteiger partial charge in [0.2, 0.25) is 11.8 Å². The van der Waals surface area contributed by atoms with Crippen molar-refractivity contribution in [3.63, 3.8) is 0 Å². The van der Waals surface area contributed by atoms with E-state index in [-0.39, 0.29) is 12.0 Å². The van der Waals surface area contributed by atoms with Crippen LogP contribution >= 0.6 is 0 Å². The molecule has 0 aliphatic rings. The van der Waals surface area contributed by atoms with Crippen LogP contribution in [-0.2, 0) is 11.3 Å². The number of hydrogen-bond acceptors (Lipinski definition) is 5. The second kappa shape index (κ2) is 5.97. The van der Waals surface area contributed by atoms with E-state index in [0.29, 0.717) is 24.9 Å². The average Bonchev–Trinajstić information content (AvgIpc) is 2.99. The predicted molar refractivity (Wildman–Crippen MR) is 69.8 cm³/mol. The van der Waals surface area contributed by atoms with Gasteiger partial charge in [0.05, 0.1) is 0 Å². The molecule has 2 rings (SSSR count). The molecule has 0 fully saturated rings. The molecule has 0 radical (unpaired) electrons. The molecule has 0 aromatic carbocycles. The molecule has 1 atom stereocenters. The highest BCUT2D eigenvalue weighted by atomic mass is 16.5. The summed E-state index contributed by atoms with van der Waals surface area (Å²) < 4.78 is 13.1. The van der Waals surface area contributed by atoms with Crippen LogP contribution in [0.1, 0.15) is 57.3 Å². The number of rotatable bonds is 6. The Morgan fingerprint density at radius 2 is 2.11 bits per heavy atom. The van der Waals surface area contributed by atoms with Crippen molar-refractivity contribution in [1.82, 2.24) is 19.7 Å². The van der Waals surface area contributed by atoms with Crippen LogP contribution in [0, 0.1) is 0 Å². The van der Waals surface area contributed by atoms with Crippen LogP contribution in [0.4, 0.5) is 0 Å². The number of nitrogens with zero attached hydrogens (tertiary/aromatic N) is 4. The zero-order valence-corrected chi connectivity index (χ0v) is 11.8. The van der Waals surface area contributed by atoms with Crippen LogP contribution in [0.2, 0.25) is 0 Å². The second-order valence-electron chi connectivity index (χ2n) is 4.70. The number of hydrogen-bond donors (Lipinski definition) is 0.